The summed E-state index contributed by atoms with van der Waals surface area (Å²) in [6.07, 6.45) is -1.63. The number of nitrogens with zero attached hydrogens (tertiary/aromatic N) is 1. The average Bonchev–Trinajstić information content (AvgIpc) is 3.35. The monoisotopic (exact) mass is 492 g/mol. The first kappa shape index (κ1) is 25.7. The molecule has 0 unspecified atom stereocenters. The SMILES string of the molecule is O=C(COc1ccc(/C=N\NC(=O)C(=O)NC[C@@H]2CCCO2)cc1)Nc1ccccc1C(F)(F)F. The van der Waals surface area contributed by atoms with Crippen LogP contribution < -0.4 is 20.8 Å². The highest BCUT2D eigenvalue weighted by Crippen LogP contribution is 2.34. The minimum Gasteiger partial charge on any atom is -0.484 e. The average molecular weight is 492 g/mol. The molecule has 1 fully saturated rings. The van der Waals surface area contributed by atoms with E-state index in [2.05, 4.69) is 21.2 Å². The Bertz CT molecular complexity index is 1070. The molecule has 3 rings (SSSR count). The lowest BCUT2D eigenvalue weighted by Gasteiger charge is -2.13. The van der Waals surface area contributed by atoms with Crippen LogP contribution in [0.4, 0.5) is 18.9 Å². The van der Waals surface area contributed by atoms with Gasteiger partial charge in [0, 0.05) is 13.2 Å². The van der Waals surface area contributed by atoms with Crippen molar-refractivity contribution >= 4 is 29.6 Å². The van der Waals surface area contributed by atoms with Gasteiger partial charge in [0.05, 0.1) is 23.6 Å². The summed E-state index contributed by atoms with van der Waals surface area (Å²) in [5.74, 6) is -2.21. The van der Waals surface area contributed by atoms with Crippen LogP contribution in [0.2, 0.25) is 0 Å². The molecule has 2 aromatic rings. The molecular weight excluding hydrogens is 469 g/mol. The maximum Gasteiger partial charge on any atom is 0.418 e. The normalized spacial score (nSPS) is 15.6. The molecule has 3 amide bonds. The zero-order valence-corrected chi connectivity index (χ0v) is 18.4. The topological polar surface area (TPSA) is 118 Å². The van der Waals surface area contributed by atoms with E-state index in [4.69, 9.17) is 9.47 Å². The number of amides is 3. The summed E-state index contributed by atoms with van der Waals surface area (Å²) in [4.78, 5) is 35.5. The Balaban J connectivity index is 1.42. The molecule has 0 spiro atoms. The van der Waals surface area contributed by atoms with Crippen molar-refractivity contribution in [2.45, 2.75) is 25.1 Å². The number of carbonyl (C=O) groups excluding carboxylic acids is 3. The highest BCUT2D eigenvalue weighted by atomic mass is 19.4. The van der Waals surface area contributed by atoms with Crippen LogP contribution in [0.25, 0.3) is 0 Å². The predicted octanol–water partition coefficient (Wildman–Crippen LogP) is 2.47. The van der Waals surface area contributed by atoms with Crippen LogP contribution in [0, 0.1) is 0 Å². The summed E-state index contributed by atoms with van der Waals surface area (Å²) in [6.45, 7) is 0.394. The van der Waals surface area contributed by atoms with Crippen LogP contribution in [0.5, 0.6) is 5.75 Å². The Labute approximate surface area is 198 Å². The van der Waals surface area contributed by atoms with Gasteiger partial charge in [0.1, 0.15) is 5.75 Å². The van der Waals surface area contributed by atoms with Crippen molar-refractivity contribution in [1.29, 1.82) is 0 Å². The van der Waals surface area contributed by atoms with E-state index < -0.39 is 36.1 Å². The smallest absolute Gasteiger partial charge is 0.418 e. The number of hydrogen-bond acceptors (Lipinski definition) is 6. The van der Waals surface area contributed by atoms with Gasteiger partial charge in [-0.1, -0.05) is 12.1 Å². The third-order valence-corrected chi connectivity index (χ3v) is 4.86. The minimum absolute atomic E-state index is 0.0854. The number of nitrogens with one attached hydrogen (secondary N) is 3. The van der Waals surface area contributed by atoms with Crippen LogP contribution in [0.1, 0.15) is 24.0 Å². The van der Waals surface area contributed by atoms with Crippen molar-refractivity contribution in [2.75, 3.05) is 25.1 Å². The number of ether oxygens (including phenoxy) is 2. The Morgan fingerprint density at radius 2 is 1.83 bits per heavy atom. The first-order chi connectivity index (χ1) is 16.7. The molecule has 9 nitrogen and oxygen atoms in total. The van der Waals surface area contributed by atoms with Crippen molar-refractivity contribution in [3.63, 3.8) is 0 Å². The molecule has 35 heavy (non-hydrogen) atoms. The lowest BCUT2D eigenvalue weighted by atomic mass is 10.1. The summed E-state index contributed by atoms with van der Waals surface area (Å²) in [6, 6.07) is 10.8. The molecule has 0 aliphatic carbocycles. The van der Waals surface area contributed by atoms with E-state index in [-0.39, 0.29) is 18.3 Å². The Hall–Kier alpha value is -3.93. The van der Waals surface area contributed by atoms with Gasteiger partial charge in [-0.15, -0.1) is 0 Å². The number of anilines is 1. The van der Waals surface area contributed by atoms with Gasteiger partial charge < -0.3 is 20.1 Å². The lowest BCUT2D eigenvalue weighted by molar-refractivity contribution is -0.139. The van der Waals surface area contributed by atoms with E-state index >= 15 is 0 Å². The van der Waals surface area contributed by atoms with Crippen molar-refractivity contribution in [3.8, 4) is 5.75 Å². The molecular formula is C23H23F3N4O5. The van der Waals surface area contributed by atoms with Crippen LogP contribution in [-0.4, -0.2) is 49.8 Å². The van der Waals surface area contributed by atoms with Crippen molar-refractivity contribution < 1.29 is 37.0 Å². The molecule has 0 bridgehead atoms. The highest BCUT2D eigenvalue weighted by molar-refractivity contribution is 6.35. The summed E-state index contributed by atoms with van der Waals surface area (Å²) in [5, 5.41) is 8.37. The number of carbonyl (C=O) groups is 3. The second-order valence-electron chi connectivity index (χ2n) is 7.49. The number of alkyl halides is 3. The van der Waals surface area contributed by atoms with E-state index in [1.165, 1.54) is 30.5 Å². The van der Waals surface area contributed by atoms with Gasteiger partial charge in [0.2, 0.25) is 0 Å². The number of hydrazone groups is 1. The molecule has 3 N–H and O–H groups in total. The zero-order valence-electron chi connectivity index (χ0n) is 18.4. The Morgan fingerprint density at radius 1 is 1.09 bits per heavy atom. The second kappa shape index (κ2) is 12.0. The maximum absolute atomic E-state index is 13.0. The standard InChI is InChI=1S/C23H23F3N4O5/c24-23(25,26)18-5-1-2-6-19(18)29-20(31)14-35-16-9-7-15(8-10-16)12-28-30-22(33)21(32)27-13-17-4-3-11-34-17/h1-2,5-10,12,17H,3-4,11,13-14H2,(H,27,32)(H,29,31)(H,30,33)/b28-12-/t17-/m0/s1. The zero-order chi connectivity index (χ0) is 25.3. The van der Waals surface area contributed by atoms with Gasteiger partial charge in [0.15, 0.2) is 6.61 Å². The summed E-state index contributed by atoms with van der Waals surface area (Å²) in [7, 11) is 0. The lowest BCUT2D eigenvalue weighted by Crippen LogP contribution is -2.41. The Kier molecular flexibility index (Phi) is 8.79. The van der Waals surface area contributed by atoms with Crippen LogP contribution in [-0.2, 0) is 25.3 Å². The van der Waals surface area contributed by atoms with Gasteiger partial charge in [-0.25, -0.2) is 5.43 Å². The molecule has 2 aromatic carbocycles. The van der Waals surface area contributed by atoms with E-state index in [1.807, 2.05) is 0 Å². The molecule has 186 valence electrons. The molecule has 1 saturated heterocycles. The molecule has 0 aromatic heterocycles. The van der Waals surface area contributed by atoms with Crippen molar-refractivity contribution in [3.05, 3.63) is 59.7 Å². The van der Waals surface area contributed by atoms with Gasteiger partial charge in [-0.05, 0) is 54.8 Å². The van der Waals surface area contributed by atoms with E-state index in [1.54, 1.807) is 12.1 Å². The first-order valence-corrected chi connectivity index (χ1v) is 10.6. The molecule has 0 radical (unpaired) electrons. The quantitative estimate of drug-likeness (QED) is 0.297. The van der Waals surface area contributed by atoms with E-state index in [9.17, 15) is 27.6 Å². The third kappa shape index (κ3) is 8.10. The number of benzene rings is 2. The van der Waals surface area contributed by atoms with Gasteiger partial charge >= 0.3 is 18.0 Å². The molecule has 1 heterocycles. The third-order valence-electron chi connectivity index (χ3n) is 4.86. The fourth-order valence-corrected chi connectivity index (χ4v) is 3.13. The molecule has 0 saturated carbocycles. The number of halogens is 3. The molecule has 1 atom stereocenters. The molecule has 1 aliphatic rings. The van der Waals surface area contributed by atoms with Gasteiger partial charge in [-0.2, -0.15) is 18.3 Å². The maximum atomic E-state index is 13.0. The first-order valence-electron chi connectivity index (χ1n) is 10.6. The summed E-state index contributed by atoms with van der Waals surface area (Å²) >= 11 is 0. The number of rotatable bonds is 8. The van der Waals surface area contributed by atoms with Crippen LogP contribution >= 0.6 is 0 Å². The van der Waals surface area contributed by atoms with E-state index in [0.717, 1.165) is 25.0 Å². The fraction of sp³-hybridized carbons (Fsp3) is 0.304. The van der Waals surface area contributed by atoms with Crippen molar-refractivity contribution in [2.24, 2.45) is 5.10 Å². The van der Waals surface area contributed by atoms with Crippen molar-refractivity contribution in [1.82, 2.24) is 10.7 Å². The predicted molar refractivity (Wildman–Crippen MR) is 120 cm³/mol. The number of hydrogen-bond donors (Lipinski definition) is 3. The van der Waals surface area contributed by atoms with Gasteiger partial charge in [-0.3, -0.25) is 14.4 Å². The largest absolute Gasteiger partial charge is 0.484 e. The highest BCUT2D eigenvalue weighted by Gasteiger charge is 2.33. The van der Waals surface area contributed by atoms with Gasteiger partial charge in [0.25, 0.3) is 5.91 Å². The summed E-state index contributed by atoms with van der Waals surface area (Å²) in [5.41, 5.74) is 1.36. The Morgan fingerprint density at radius 3 is 2.51 bits per heavy atom. The van der Waals surface area contributed by atoms with Crippen LogP contribution in [0.3, 0.4) is 0 Å². The van der Waals surface area contributed by atoms with Crippen LogP contribution in [0.15, 0.2) is 53.6 Å². The molecule has 12 heteroatoms. The number of para-hydroxylation sites is 1. The minimum atomic E-state index is -4.60. The fourth-order valence-electron chi connectivity index (χ4n) is 3.13. The molecule has 1 aliphatic heterocycles. The second-order valence-corrected chi connectivity index (χ2v) is 7.49. The van der Waals surface area contributed by atoms with E-state index in [0.29, 0.717) is 17.9 Å². The summed E-state index contributed by atoms with van der Waals surface area (Å²) < 4.78 is 49.7.